The third kappa shape index (κ3) is 2.64. The highest BCUT2D eigenvalue weighted by atomic mass is 16.5. The first-order chi connectivity index (χ1) is 7.66. The number of rotatable bonds is 4. The van der Waals surface area contributed by atoms with Crippen LogP contribution in [0.2, 0.25) is 0 Å². The minimum atomic E-state index is 0.127. The van der Waals surface area contributed by atoms with Crippen molar-refractivity contribution >= 4 is 0 Å². The molecule has 1 saturated carbocycles. The van der Waals surface area contributed by atoms with E-state index in [0.29, 0.717) is 5.70 Å². The van der Waals surface area contributed by atoms with Crippen molar-refractivity contribution in [3.8, 4) is 0 Å². The Morgan fingerprint density at radius 2 is 2.31 bits per heavy atom. The van der Waals surface area contributed by atoms with Crippen LogP contribution in [0.3, 0.4) is 0 Å². The number of likely N-dealkylation sites (N-methyl/N-ethyl adjacent to an activating group) is 1. The molecule has 0 aromatic rings. The molecular weight excluding hydrogens is 202 g/mol. The Hall–Kier alpha value is -0.840. The highest BCUT2D eigenvalue weighted by molar-refractivity contribution is 5.25. The second-order valence-electron chi connectivity index (χ2n) is 4.85. The average molecular weight is 223 g/mol. The van der Waals surface area contributed by atoms with Gasteiger partial charge in [-0.1, -0.05) is 12.5 Å². The molecule has 4 heteroatoms. The average Bonchev–Trinajstić information content (AvgIpc) is 2.17. The van der Waals surface area contributed by atoms with Gasteiger partial charge in [-0.15, -0.1) is 0 Å². The Morgan fingerprint density at radius 1 is 1.56 bits per heavy atom. The summed E-state index contributed by atoms with van der Waals surface area (Å²) in [6.07, 6.45) is 8.66. The molecule has 2 aliphatic rings. The quantitative estimate of drug-likeness (QED) is 0.583. The molecule has 0 aromatic heterocycles. The Labute approximate surface area is 96.8 Å². The van der Waals surface area contributed by atoms with E-state index in [-0.39, 0.29) is 11.1 Å². The van der Waals surface area contributed by atoms with Crippen LogP contribution in [0.5, 0.6) is 0 Å². The molecule has 0 aliphatic heterocycles. The van der Waals surface area contributed by atoms with Crippen LogP contribution < -0.4 is 16.1 Å². The van der Waals surface area contributed by atoms with Gasteiger partial charge in [0.1, 0.15) is 5.70 Å². The van der Waals surface area contributed by atoms with E-state index in [1.165, 1.54) is 19.3 Å². The fraction of sp³-hybridized carbons (Fsp3) is 0.667. The number of nitrogens with two attached hydrogens (primary N) is 1. The number of quaternary nitrogens is 1. The summed E-state index contributed by atoms with van der Waals surface area (Å²) in [4.78, 5) is 0. The van der Waals surface area contributed by atoms with Gasteiger partial charge in [0.2, 0.25) is 0 Å². The van der Waals surface area contributed by atoms with Gasteiger partial charge in [0.25, 0.3) is 0 Å². The molecule has 90 valence electrons. The van der Waals surface area contributed by atoms with Crippen LogP contribution in [0.25, 0.3) is 0 Å². The van der Waals surface area contributed by atoms with E-state index in [0.717, 1.165) is 24.6 Å². The van der Waals surface area contributed by atoms with Crippen molar-refractivity contribution < 1.29 is 5.06 Å². The van der Waals surface area contributed by atoms with Crippen molar-refractivity contribution in [2.75, 3.05) is 13.6 Å². The first kappa shape index (κ1) is 11.6. The molecule has 1 fully saturated rings. The fourth-order valence-electron chi connectivity index (χ4n) is 2.27. The maximum absolute atomic E-state index is 11.5. The normalized spacial score (nSPS) is 28.0. The number of hydrogen-bond donors (Lipinski definition) is 3. The smallest absolute Gasteiger partial charge is 0.126 e. The lowest BCUT2D eigenvalue weighted by atomic mass is 9.85. The van der Waals surface area contributed by atoms with E-state index < -0.39 is 0 Å². The lowest BCUT2D eigenvalue weighted by Gasteiger charge is -2.32. The van der Waals surface area contributed by atoms with E-state index in [9.17, 15) is 5.21 Å². The van der Waals surface area contributed by atoms with Gasteiger partial charge in [-0.3, -0.25) is 0 Å². The molecule has 2 unspecified atom stereocenters. The van der Waals surface area contributed by atoms with Crippen molar-refractivity contribution in [1.82, 2.24) is 5.32 Å². The first-order valence-electron chi connectivity index (χ1n) is 6.08. The zero-order valence-corrected chi connectivity index (χ0v) is 9.83. The topological polar surface area (TPSA) is 65.5 Å². The van der Waals surface area contributed by atoms with Gasteiger partial charge in [-0.25, -0.2) is 0 Å². The Kier molecular flexibility index (Phi) is 3.63. The third-order valence-corrected chi connectivity index (χ3v) is 3.57. The van der Waals surface area contributed by atoms with Crippen molar-refractivity contribution in [1.29, 1.82) is 0 Å². The zero-order chi connectivity index (χ0) is 11.5. The first-order valence-corrected chi connectivity index (χ1v) is 6.08. The van der Waals surface area contributed by atoms with E-state index in [1.54, 1.807) is 7.05 Å². The molecule has 2 atom stereocenters. The number of hydrogen-bond acceptors (Lipinski definition) is 3. The molecule has 2 aliphatic carbocycles. The molecule has 4 nitrogen and oxygen atoms in total. The van der Waals surface area contributed by atoms with E-state index in [4.69, 9.17) is 5.73 Å². The standard InChI is InChI=1S/C12H21N3O/c1-15(16)12-7-10(13)5-6-11(12)14-8-9-3-2-4-9/h5,7,9,11,14-15H,2-4,6,8,13H2,1H3. The molecule has 16 heavy (non-hydrogen) atoms. The lowest BCUT2D eigenvalue weighted by Crippen LogP contribution is -3.03. The van der Waals surface area contributed by atoms with Crippen LogP contribution in [0.4, 0.5) is 0 Å². The van der Waals surface area contributed by atoms with E-state index >= 15 is 0 Å². The van der Waals surface area contributed by atoms with Crippen LogP contribution in [0, 0.1) is 11.1 Å². The molecule has 0 bridgehead atoms. The molecule has 0 saturated heterocycles. The number of hydroxylamine groups is 2. The van der Waals surface area contributed by atoms with Gasteiger partial charge in [-0.2, -0.15) is 0 Å². The molecule has 0 spiro atoms. The van der Waals surface area contributed by atoms with Gasteiger partial charge in [0.15, 0.2) is 0 Å². The SMILES string of the molecule is C[NH+]([O-])C1=CC(N)=CCC1NCC1CCC1. The van der Waals surface area contributed by atoms with E-state index in [1.807, 2.05) is 12.2 Å². The molecule has 0 radical (unpaired) electrons. The second-order valence-corrected chi connectivity index (χ2v) is 4.85. The highest BCUT2D eigenvalue weighted by Crippen LogP contribution is 2.25. The summed E-state index contributed by atoms with van der Waals surface area (Å²) in [7, 11) is 1.61. The van der Waals surface area contributed by atoms with Crippen molar-refractivity contribution in [3.63, 3.8) is 0 Å². The maximum atomic E-state index is 11.5. The summed E-state index contributed by atoms with van der Waals surface area (Å²) < 4.78 is 0. The summed E-state index contributed by atoms with van der Waals surface area (Å²) in [5.74, 6) is 0.816. The summed E-state index contributed by atoms with van der Waals surface area (Å²) in [5.41, 5.74) is 7.27. The van der Waals surface area contributed by atoms with Crippen LogP contribution in [-0.2, 0) is 0 Å². The van der Waals surface area contributed by atoms with Crippen molar-refractivity contribution in [2.24, 2.45) is 11.7 Å². The second kappa shape index (κ2) is 4.99. The Balaban J connectivity index is 1.90. The molecule has 0 amide bonds. The van der Waals surface area contributed by atoms with E-state index in [2.05, 4.69) is 5.32 Å². The largest absolute Gasteiger partial charge is 0.629 e. The van der Waals surface area contributed by atoms with Crippen LogP contribution >= 0.6 is 0 Å². The Bertz CT molecular complexity index is 305. The van der Waals surface area contributed by atoms with Gasteiger partial charge in [-0.05, 0) is 31.7 Å². The predicted molar refractivity (Wildman–Crippen MR) is 64.4 cm³/mol. The molecule has 4 N–H and O–H groups in total. The minimum absolute atomic E-state index is 0.127. The van der Waals surface area contributed by atoms with Gasteiger partial charge in [0.05, 0.1) is 13.1 Å². The van der Waals surface area contributed by atoms with Gasteiger partial charge < -0.3 is 21.3 Å². The minimum Gasteiger partial charge on any atom is -0.629 e. The monoisotopic (exact) mass is 223 g/mol. The summed E-state index contributed by atoms with van der Waals surface area (Å²) >= 11 is 0. The summed E-state index contributed by atoms with van der Waals surface area (Å²) in [5, 5.41) is 15.1. The number of nitrogens with one attached hydrogen (secondary N) is 2. The fourth-order valence-corrected chi connectivity index (χ4v) is 2.27. The molecular formula is C12H21N3O. The van der Waals surface area contributed by atoms with Crippen molar-refractivity contribution in [3.05, 3.63) is 28.8 Å². The summed E-state index contributed by atoms with van der Waals surface area (Å²) in [6, 6.07) is 0.172. The zero-order valence-electron chi connectivity index (χ0n) is 9.83. The molecule has 0 aromatic carbocycles. The molecule has 2 rings (SSSR count). The van der Waals surface area contributed by atoms with Gasteiger partial charge in [0, 0.05) is 11.8 Å². The van der Waals surface area contributed by atoms with Crippen LogP contribution in [0.15, 0.2) is 23.5 Å². The highest BCUT2D eigenvalue weighted by Gasteiger charge is 2.24. The lowest BCUT2D eigenvalue weighted by molar-refractivity contribution is -0.785. The summed E-state index contributed by atoms with van der Waals surface area (Å²) in [6.45, 7) is 1.03. The van der Waals surface area contributed by atoms with Gasteiger partial charge >= 0.3 is 0 Å². The number of allylic oxidation sites excluding steroid dienone is 1. The van der Waals surface area contributed by atoms with Crippen LogP contribution in [0.1, 0.15) is 25.7 Å². The predicted octanol–water partition coefficient (Wildman–Crippen LogP) is -0.113. The van der Waals surface area contributed by atoms with Crippen LogP contribution in [-0.4, -0.2) is 19.6 Å². The maximum Gasteiger partial charge on any atom is 0.126 e. The third-order valence-electron chi connectivity index (χ3n) is 3.57. The van der Waals surface area contributed by atoms with Crippen molar-refractivity contribution in [2.45, 2.75) is 31.7 Å². The Morgan fingerprint density at radius 3 is 2.88 bits per heavy atom. The molecule has 0 heterocycles.